The van der Waals surface area contributed by atoms with Crippen LogP contribution >= 0.6 is 0 Å². The van der Waals surface area contributed by atoms with Crippen molar-refractivity contribution in [1.82, 2.24) is 4.90 Å². The molecule has 0 bridgehead atoms. The first-order valence-corrected chi connectivity index (χ1v) is 9.62. The van der Waals surface area contributed by atoms with Gasteiger partial charge in [-0.1, -0.05) is 30.3 Å². The van der Waals surface area contributed by atoms with E-state index in [9.17, 15) is 9.18 Å². The number of hydrogen-bond acceptors (Lipinski definition) is 4. The van der Waals surface area contributed by atoms with E-state index in [1.165, 1.54) is 12.1 Å². The fraction of sp³-hybridized carbons (Fsp3) is 0.160. The van der Waals surface area contributed by atoms with Gasteiger partial charge in [0.05, 0.1) is 23.6 Å². The molecule has 0 amide bonds. The molecule has 0 aliphatic carbocycles. The number of rotatable bonds is 5. The molecule has 0 aliphatic rings. The standard InChI is InChI=1S/C25H22FNO3/c1-27(2)15-20-21(29-3)14-13-19-23(28)22(16-7-5-4-6-8-16)24(30-25(19)20)17-9-11-18(26)12-10-17/h4-14H,15H2,1-3H3. The highest BCUT2D eigenvalue weighted by molar-refractivity contribution is 5.91. The Morgan fingerprint density at radius 2 is 1.63 bits per heavy atom. The first kappa shape index (κ1) is 19.9. The SMILES string of the molecule is COc1ccc2c(=O)c(-c3ccccc3)c(-c3ccc(F)cc3)oc2c1CN(C)C. The molecule has 5 heteroatoms. The van der Waals surface area contributed by atoms with Crippen molar-refractivity contribution in [3.05, 3.63) is 88.3 Å². The van der Waals surface area contributed by atoms with Crippen LogP contribution in [-0.2, 0) is 6.54 Å². The molecular weight excluding hydrogens is 381 g/mol. The van der Waals surface area contributed by atoms with E-state index in [4.69, 9.17) is 9.15 Å². The van der Waals surface area contributed by atoms with Gasteiger partial charge in [0.2, 0.25) is 5.43 Å². The third-order valence-electron chi connectivity index (χ3n) is 4.98. The van der Waals surface area contributed by atoms with Gasteiger partial charge < -0.3 is 14.1 Å². The zero-order valence-electron chi connectivity index (χ0n) is 17.1. The van der Waals surface area contributed by atoms with Gasteiger partial charge in [0.25, 0.3) is 0 Å². The predicted octanol–water partition coefficient (Wildman–Crippen LogP) is 5.34. The summed E-state index contributed by atoms with van der Waals surface area (Å²) in [6.45, 7) is 0.539. The minimum absolute atomic E-state index is 0.135. The molecule has 1 heterocycles. The maximum absolute atomic E-state index is 13.6. The maximum atomic E-state index is 13.6. The van der Waals surface area contributed by atoms with E-state index in [1.807, 2.05) is 49.3 Å². The molecule has 0 radical (unpaired) electrons. The molecule has 30 heavy (non-hydrogen) atoms. The Hall–Kier alpha value is -3.44. The normalized spacial score (nSPS) is 11.2. The minimum Gasteiger partial charge on any atom is -0.496 e. The quantitative estimate of drug-likeness (QED) is 0.451. The highest BCUT2D eigenvalue weighted by atomic mass is 19.1. The number of benzene rings is 3. The molecule has 0 fully saturated rings. The second kappa shape index (κ2) is 8.13. The van der Waals surface area contributed by atoms with Crippen molar-refractivity contribution in [3.8, 4) is 28.2 Å². The number of halogens is 1. The van der Waals surface area contributed by atoms with Crippen LogP contribution in [0.3, 0.4) is 0 Å². The summed E-state index contributed by atoms with van der Waals surface area (Å²) >= 11 is 0. The Bertz CT molecular complexity index is 1250. The van der Waals surface area contributed by atoms with Crippen LogP contribution in [-0.4, -0.2) is 26.1 Å². The Kier molecular flexibility index (Phi) is 5.38. The first-order valence-electron chi connectivity index (χ1n) is 9.62. The number of methoxy groups -OCH3 is 1. The fourth-order valence-electron chi connectivity index (χ4n) is 3.62. The lowest BCUT2D eigenvalue weighted by Crippen LogP contribution is -2.14. The van der Waals surface area contributed by atoms with Crippen LogP contribution in [0.1, 0.15) is 5.56 Å². The predicted molar refractivity (Wildman–Crippen MR) is 117 cm³/mol. The summed E-state index contributed by atoms with van der Waals surface area (Å²) in [4.78, 5) is 15.6. The van der Waals surface area contributed by atoms with Crippen LogP contribution in [0.2, 0.25) is 0 Å². The van der Waals surface area contributed by atoms with Gasteiger partial charge in [0.1, 0.15) is 22.9 Å². The molecule has 4 nitrogen and oxygen atoms in total. The molecule has 0 saturated carbocycles. The molecule has 0 spiro atoms. The average molecular weight is 403 g/mol. The largest absolute Gasteiger partial charge is 0.496 e. The lowest BCUT2D eigenvalue weighted by Gasteiger charge is -2.17. The molecular formula is C25H22FNO3. The molecule has 0 atom stereocenters. The summed E-state index contributed by atoms with van der Waals surface area (Å²) in [5, 5.41) is 0.484. The van der Waals surface area contributed by atoms with Crippen LogP contribution in [0.5, 0.6) is 5.75 Å². The first-order chi connectivity index (χ1) is 14.5. The van der Waals surface area contributed by atoms with E-state index in [2.05, 4.69) is 0 Å². The van der Waals surface area contributed by atoms with Crippen molar-refractivity contribution in [2.24, 2.45) is 0 Å². The topological polar surface area (TPSA) is 42.7 Å². The van der Waals surface area contributed by atoms with Crippen LogP contribution in [0.4, 0.5) is 4.39 Å². The van der Waals surface area contributed by atoms with Crippen LogP contribution in [0.15, 0.2) is 75.9 Å². The molecule has 1 aromatic heterocycles. The summed E-state index contributed by atoms with van der Waals surface area (Å²) in [5.74, 6) is 0.710. The molecule has 0 unspecified atom stereocenters. The zero-order valence-corrected chi connectivity index (χ0v) is 17.1. The molecule has 0 saturated heterocycles. The summed E-state index contributed by atoms with van der Waals surface area (Å²) in [6.07, 6.45) is 0. The number of hydrogen-bond donors (Lipinski definition) is 0. The zero-order chi connectivity index (χ0) is 21.3. The smallest absolute Gasteiger partial charge is 0.201 e. The van der Waals surface area contributed by atoms with Crippen LogP contribution in [0, 0.1) is 5.82 Å². The molecule has 0 aliphatic heterocycles. The van der Waals surface area contributed by atoms with Crippen molar-refractivity contribution >= 4 is 11.0 Å². The van der Waals surface area contributed by atoms with E-state index < -0.39 is 0 Å². The summed E-state index contributed by atoms with van der Waals surface area (Å²) < 4.78 is 25.5. The van der Waals surface area contributed by atoms with Gasteiger partial charge in [-0.3, -0.25) is 4.79 Å². The van der Waals surface area contributed by atoms with E-state index in [0.717, 1.165) is 11.1 Å². The minimum atomic E-state index is -0.349. The van der Waals surface area contributed by atoms with Crippen molar-refractivity contribution < 1.29 is 13.5 Å². The number of nitrogens with zero attached hydrogens (tertiary/aromatic N) is 1. The summed E-state index contributed by atoms with van der Waals surface area (Å²) in [7, 11) is 5.48. The summed E-state index contributed by atoms with van der Waals surface area (Å²) in [5.41, 5.74) is 2.97. The van der Waals surface area contributed by atoms with E-state index >= 15 is 0 Å². The van der Waals surface area contributed by atoms with E-state index in [0.29, 0.717) is 40.2 Å². The second-order valence-electron chi connectivity index (χ2n) is 7.37. The number of ether oxygens (including phenoxy) is 1. The van der Waals surface area contributed by atoms with Crippen LogP contribution < -0.4 is 10.2 Å². The van der Waals surface area contributed by atoms with Gasteiger partial charge in [-0.2, -0.15) is 0 Å². The number of fused-ring (bicyclic) bond motifs is 1. The van der Waals surface area contributed by atoms with E-state index in [1.54, 1.807) is 31.4 Å². The Labute approximate surface area is 174 Å². The Morgan fingerprint density at radius 1 is 0.933 bits per heavy atom. The van der Waals surface area contributed by atoms with Crippen molar-refractivity contribution in [2.75, 3.05) is 21.2 Å². The molecule has 4 rings (SSSR count). The summed E-state index contributed by atoms with van der Waals surface area (Å²) in [6, 6.07) is 18.9. The van der Waals surface area contributed by atoms with Gasteiger partial charge >= 0.3 is 0 Å². The molecule has 0 N–H and O–H groups in total. The van der Waals surface area contributed by atoms with Gasteiger partial charge in [0.15, 0.2) is 0 Å². The molecule has 3 aromatic carbocycles. The monoisotopic (exact) mass is 403 g/mol. The van der Waals surface area contributed by atoms with Crippen molar-refractivity contribution in [1.29, 1.82) is 0 Å². The third-order valence-corrected chi connectivity index (χ3v) is 4.98. The lowest BCUT2D eigenvalue weighted by atomic mass is 9.97. The van der Waals surface area contributed by atoms with Gasteiger partial charge in [-0.05, 0) is 56.1 Å². The Balaban J connectivity index is 2.12. The van der Waals surface area contributed by atoms with Crippen molar-refractivity contribution in [3.63, 3.8) is 0 Å². The average Bonchev–Trinajstić information content (AvgIpc) is 2.75. The maximum Gasteiger partial charge on any atom is 0.201 e. The second-order valence-corrected chi connectivity index (χ2v) is 7.37. The molecule has 152 valence electrons. The van der Waals surface area contributed by atoms with Gasteiger partial charge in [-0.25, -0.2) is 4.39 Å². The van der Waals surface area contributed by atoms with E-state index in [-0.39, 0.29) is 11.2 Å². The highest BCUT2D eigenvalue weighted by Crippen LogP contribution is 2.36. The third kappa shape index (κ3) is 3.60. The Morgan fingerprint density at radius 3 is 2.27 bits per heavy atom. The van der Waals surface area contributed by atoms with Gasteiger partial charge in [-0.15, -0.1) is 0 Å². The highest BCUT2D eigenvalue weighted by Gasteiger charge is 2.21. The van der Waals surface area contributed by atoms with Crippen LogP contribution in [0.25, 0.3) is 33.4 Å². The van der Waals surface area contributed by atoms with Crippen molar-refractivity contribution in [2.45, 2.75) is 6.54 Å². The molecule has 4 aromatic rings. The van der Waals surface area contributed by atoms with Gasteiger partial charge in [0, 0.05) is 12.1 Å². The lowest BCUT2D eigenvalue weighted by molar-refractivity contribution is 0.371. The fourth-order valence-corrected chi connectivity index (χ4v) is 3.62.